The number of pyridine rings is 1. The fraction of sp³-hybridized carbons (Fsp3) is 0.308. The number of hydrogen-bond donors (Lipinski definition) is 3. The van der Waals surface area contributed by atoms with Gasteiger partial charge in [-0.25, -0.2) is 4.39 Å². The van der Waals surface area contributed by atoms with Crippen molar-refractivity contribution >= 4 is 11.7 Å². The van der Waals surface area contributed by atoms with Crippen LogP contribution in [0.3, 0.4) is 0 Å². The van der Waals surface area contributed by atoms with Gasteiger partial charge >= 0.3 is 5.97 Å². The van der Waals surface area contributed by atoms with Gasteiger partial charge in [0.15, 0.2) is 0 Å². The molecule has 32 heavy (non-hydrogen) atoms. The van der Waals surface area contributed by atoms with Crippen LogP contribution in [0.4, 0.5) is 10.1 Å². The Bertz CT molecular complexity index is 1070. The van der Waals surface area contributed by atoms with E-state index in [-0.39, 0.29) is 24.2 Å². The van der Waals surface area contributed by atoms with Crippen molar-refractivity contribution in [2.45, 2.75) is 31.7 Å². The number of nitrogens with zero attached hydrogens (tertiary/aromatic N) is 1. The first-order chi connectivity index (χ1) is 15.5. The molecule has 0 aliphatic carbocycles. The van der Waals surface area contributed by atoms with E-state index in [2.05, 4.69) is 33.8 Å². The maximum Gasteiger partial charge on any atom is 0.307 e. The summed E-state index contributed by atoms with van der Waals surface area (Å²) in [5, 5.41) is 16.1. The summed E-state index contributed by atoms with van der Waals surface area (Å²) in [5.41, 5.74) is 4.42. The highest BCUT2D eigenvalue weighted by atomic mass is 19.1. The standard InChI is InChI=1S/C26H28FN3O2/c1-17(21-10-9-18(12-22(21)27)13-25(31)32)15-30-26(19-6-3-2-4-7-19)20-14-24-23(29-16-20)8-5-11-28-24/h2-12,17,20,26,29-30H,13-16H2,1H3,(H,31,32)/t17?,20-,26-/m1/s1. The first-order valence-corrected chi connectivity index (χ1v) is 11.0. The number of carboxylic acids is 1. The summed E-state index contributed by atoms with van der Waals surface area (Å²) in [6.07, 6.45) is 2.51. The van der Waals surface area contributed by atoms with Crippen molar-refractivity contribution < 1.29 is 14.3 Å². The van der Waals surface area contributed by atoms with Crippen molar-refractivity contribution in [2.24, 2.45) is 5.92 Å². The zero-order valence-corrected chi connectivity index (χ0v) is 18.1. The van der Waals surface area contributed by atoms with Crippen molar-refractivity contribution in [3.63, 3.8) is 0 Å². The Hall–Kier alpha value is -3.25. The number of aromatic nitrogens is 1. The normalized spacial score (nSPS) is 17.1. The van der Waals surface area contributed by atoms with Gasteiger partial charge in [0, 0.05) is 31.2 Å². The van der Waals surface area contributed by atoms with Crippen LogP contribution >= 0.6 is 0 Å². The minimum absolute atomic E-state index is 0.0675. The van der Waals surface area contributed by atoms with E-state index in [1.165, 1.54) is 11.6 Å². The van der Waals surface area contributed by atoms with E-state index in [1.807, 2.05) is 37.4 Å². The molecule has 3 aromatic rings. The van der Waals surface area contributed by atoms with Gasteiger partial charge in [-0.15, -0.1) is 0 Å². The maximum absolute atomic E-state index is 14.7. The van der Waals surface area contributed by atoms with Gasteiger partial charge in [-0.2, -0.15) is 0 Å². The number of nitrogens with one attached hydrogen (secondary N) is 2. The molecular formula is C26H28FN3O2. The van der Waals surface area contributed by atoms with Gasteiger partial charge < -0.3 is 15.7 Å². The fourth-order valence-corrected chi connectivity index (χ4v) is 4.44. The molecule has 4 rings (SSSR count). The molecule has 3 N–H and O–H groups in total. The average molecular weight is 434 g/mol. The highest BCUT2D eigenvalue weighted by Gasteiger charge is 2.28. The minimum atomic E-state index is -0.963. The minimum Gasteiger partial charge on any atom is -0.481 e. The number of rotatable bonds is 8. The number of carboxylic acid groups (broad SMARTS) is 1. The molecule has 166 valence electrons. The lowest BCUT2D eigenvalue weighted by Crippen LogP contribution is -2.37. The molecule has 6 heteroatoms. The van der Waals surface area contributed by atoms with Crippen LogP contribution in [0.15, 0.2) is 66.9 Å². The van der Waals surface area contributed by atoms with Gasteiger partial charge in [-0.3, -0.25) is 9.78 Å². The topological polar surface area (TPSA) is 74.2 Å². The second-order valence-corrected chi connectivity index (χ2v) is 8.47. The number of benzene rings is 2. The van der Waals surface area contributed by atoms with E-state index in [1.54, 1.807) is 12.1 Å². The summed E-state index contributed by atoms with van der Waals surface area (Å²) in [6.45, 7) is 3.42. The molecule has 1 aliphatic rings. The van der Waals surface area contributed by atoms with Crippen LogP contribution in [0.25, 0.3) is 0 Å². The molecule has 0 bridgehead atoms. The lowest BCUT2D eigenvalue weighted by atomic mass is 9.86. The summed E-state index contributed by atoms with van der Waals surface area (Å²) in [5.74, 6) is -1.08. The van der Waals surface area contributed by atoms with Gasteiger partial charge in [0.2, 0.25) is 0 Å². The van der Waals surface area contributed by atoms with Crippen molar-refractivity contribution in [3.05, 3.63) is 95.1 Å². The smallest absolute Gasteiger partial charge is 0.307 e. The van der Waals surface area contributed by atoms with Gasteiger partial charge in [-0.05, 0) is 47.2 Å². The molecule has 0 fully saturated rings. The van der Waals surface area contributed by atoms with Crippen LogP contribution < -0.4 is 10.6 Å². The van der Waals surface area contributed by atoms with Crippen molar-refractivity contribution in [3.8, 4) is 0 Å². The zero-order valence-electron chi connectivity index (χ0n) is 18.1. The van der Waals surface area contributed by atoms with E-state index in [0.29, 0.717) is 23.6 Å². The molecule has 3 atom stereocenters. The lowest BCUT2D eigenvalue weighted by molar-refractivity contribution is -0.136. The van der Waals surface area contributed by atoms with E-state index in [9.17, 15) is 9.18 Å². The molecule has 2 aromatic carbocycles. The summed E-state index contributed by atoms with van der Waals surface area (Å²) >= 11 is 0. The van der Waals surface area contributed by atoms with Crippen molar-refractivity contribution in [2.75, 3.05) is 18.4 Å². The molecule has 0 saturated heterocycles. The number of fused-ring (bicyclic) bond motifs is 1. The Morgan fingerprint density at radius 3 is 2.78 bits per heavy atom. The second-order valence-electron chi connectivity index (χ2n) is 8.47. The van der Waals surface area contributed by atoms with E-state index in [0.717, 1.165) is 24.3 Å². The Labute approximate surface area is 187 Å². The number of halogens is 1. The first kappa shape index (κ1) is 22.0. The summed E-state index contributed by atoms with van der Waals surface area (Å²) in [7, 11) is 0. The van der Waals surface area contributed by atoms with Gasteiger partial charge in [0.05, 0.1) is 17.8 Å². The fourth-order valence-electron chi connectivity index (χ4n) is 4.44. The second kappa shape index (κ2) is 9.92. The Morgan fingerprint density at radius 1 is 1.22 bits per heavy atom. The van der Waals surface area contributed by atoms with E-state index < -0.39 is 5.97 Å². The monoisotopic (exact) mass is 433 g/mol. The molecule has 2 heterocycles. The highest BCUT2D eigenvalue weighted by Crippen LogP contribution is 2.32. The molecule has 0 spiro atoms. The van der Waals surface area contributed by atoms with Crippen LogP contribution in [0, 0.1) is 11.7 Å². The first-order valence-electron chi connectivity index (χ1n) is 11.0. The molecule has 0 radical (unpaired) electrons. The van der Waals surface area contributed by atoms with Crippen LogP contribution in [0.1, 0.15) is 41.3 Å². The summed E-state index contributed by atoms with van der Waals surface area (Å²) in [6, 6.07) is 19.2. The molecule has 5 nitrogen and oxygen atoms in total. The highest BCUT2D eigenvalue weighted by molar-refractivity contribution is 5.70. The number of anilines is 1. The molecule has 1 aliphatic heterocycles. The largest absolute Gasteiger partial charge is 0.481 e. The maximum atomic E-state index is 14.7. The number of hydrogen-bond acceptors (Lipinski definition) is 4. The van der Waals surface area contributed by atoms with Gasteiger partial charge in [-0.1, -0.05) is 49.4 Å². The zero-order chi connectivity index (χ0) is 22.5. The SMILES string of the molecule is CC(CN[C@H](c1ccccc1)[C@H]1CNc2cccnc2C1)c1ccc(CC(=O)O)cc1F. The van der Waals surface area contributed by atoms with Crippen molar-refractivity contribution in [1.29, 1.82) is 0 Å². The molecule has 1 aromatic heterocycles. The van der Waals surface area contributed by atoms with Crippen molar-refractivity contribution in [1.82, 2.24) is 10.3 Å². The summed E-state index contributed by atoms with van der Waals surface area (Å²) in [4.78, 5) is 15.4. The third-order valence-corrected chi connectivity index (χ3v) is 6.13. The summed E-state index contributed by atoms with van der Waals surface area (Å²) < 4.78 is 14.7. The van der Waals surface area contributed by atoms with Crippen LogP contribution in [0.5, 0.6) is 0 Å². The predicted molar refractivity (Wildman–Crippen MR) is 123 cm³/mol. The number of carbonyl (C=O) groups is 1. The van der Waals surface area contributed by atoms with Gasteiger partial charge in [0.1, 0.15) is 5.82 Å². The molecule has 0 saturated carbocycles. The van der Waals surface area contributed by atoms with Gasteiger partial charge in [0.25, 0.3) is 0 Å². The average Bonchev–Trinajstić information content (AvgIpc) is 2.79. The van der Waals surface area contributed by atoms with Crippen LogP contribution in [0.2, 0.25) is 0 Å². The quantitative estimate of drug-likeness (QED) is 0.485. The molecule has 1 unspecified atom stereocenters. The Morgan fingerprint density at radius 2 is 2.03 bits per heavy atom. The Kier molecular flexibility index (Phi) is 6.81. The Balaban J connectivity index is 1.49. The molecule has 0 amide bonds. The van der Waals surface area contributed by atoms with Crippen LogP contribution in [-0.2, 0) is 17.6 Å². The van der Waals surface area contributed by atoms with E-state index >= 15 is 0 Å². The predicted octanol–water partition coefficient (Wildman–Crippen LogP) is 4.57. The van der Waals surface area contributed by atoms with Crippen LogP contribution in [-0.4, -0.2) is 29.1 Å². The molecular weight excluding hydrogens is 405 g/mol. The third kappa shape index (κ3) is 5.14. The lowest BCUT2D eigenvalue weighted by Gasteiger charge is -2.33. The van der Waals surface area contributed by atoms with E-state index in [4.69, 9.17) is 5.11 Å². The number of aliphatic carboxylic acids is 1. The third-order valence-electron chi connectivity index (χ3n) is 6.13.